The average molecular weight is 520 g/mol. The first-order chi connectivity index (χ1) is 18.1. The van der Waals surface area contributed by atoms with Crippen molar-refractivity contribution in [1.29, 1.82) is 0 Å². The lowest BCUT2D eigenvalue weighted by molar-refractivity contribution is -0.131. The second-order valence-corrected chi connectivity index (χ2v) is 9.31. The standard InChI is InChI=1S/C29H33N3O6/c1-18(2)27(31-26(33)17-36-24-12-7-6-9-20(24)5)28(34)32-30-16-23-13-14-25(38-23)21-10-8-11-22(15-21)29(35)37-19(3)4/h6-16,18-19,27H,17H2,1-5H3,(H,31,33)(H,32,34)/b30-16-/t27-/m0/s1. The van der Waals surface area contributed by atoms with Crippen LogP contribution in [0.3, 0.4) is 0 Å². The van der Waals surface area contributed by atoms with Crippen LogP contribution in [-0.4, -0.2) is 42.8 Å². The lowest BCUT2D eigenvalue weighted by Gasteiger charge is -2.20. The van der Waals surface area contributed by atoms with Gasteiger partial charge in [-0.05, 0) is 62.6 Å². The summed E-state index contributed by atoms with van der Waals surface area (Å²) in [6.45, 7) is 8.89. The summed E-state index contributed by atoms with van der Waals surface area (Å²) < 4.78 is 16.6. The first kappa shape index (κ1) is 28.2. The van der Waals surface area contributed by atoms with Gasteiger partial charge in [0.1, 0.15) is 23.3 Å². The van der Waals surface area contributed by atoms with E-state index < -0.39 is 23.8 Å². The average Bonchev–Trinajstić information content (AvgIpc) is 3.35. The predicted octanol–water partition coefficient (Wildman–Crippen LogP) is 4.49. The van der Waals surface area contributed by atoms with E-state index in [0.29, 0.717) is 28.4 Å². The lowest BCUT2D eigenvalue weighted by atomic mass is 10.0. The number of amides is 2. The molecule has 0 fully saturated rings. The minimum absolute atomic E-state index is 0.183. The number of furan rings is 1. The van der Waals surface area contributed by atoms with Gasteiger partial charge in [-0.25, -0.2) is 10.2 Å². The fourth-order valence-electron chi connectivity index (χ4n) is 3.50. The van der Waals surface area contributed by atoms with Gasteiger partial charge in [0.15, 0.2) is 6.61 Å². The highest BCUT2D eigenvalue weighted by molar-refractivity contribution is 5.91. The van der Waals surface area contributed by atoms with Crippen LogP contribution in [-0.2, 0) is 14.3 Å². The number of benzene rings is 2. The summed E-state index contributed by atoms with van der Waals surface area (Å²) in [4.78, 5) is 37.3. The van der Waals surface area contributed by atoms with Gasteiger partial charge in [0.2, 0.25) is 0 Å². The third kappa shape index (κ3) is 8.06. The zero-order valence-electron chi connectivity index (χ0n) is 22.2. The number of rotatable bonds is 11. The second-order valence-electron chi connectivity index (χ2n) is 9.31. The molecule has 2 N–H and O–H groups in total. The van der Waals surface area contributed by atoms with E-state index in [1.165, 1.54) is 6.21 Å². The molecule has 2 aromatic carbocycles. The Labute approximate surface area is 222 Å². The van der Waals surface area contributed by atoms with Crippen molar-refractivity contribution < 1.29 is 28.3 Å². The molecule has 0 radical (unpaired) electrons. The third-order valence-electron chi connectivity index (χ3n) is 5.44. The van der Waals surface area contributed by atoms with Gasteiger partial charge in [-0.3, -0.25) is 9.59 Å². The van der Waals surface area contributed by atoms with E-state index in [1.54, 1.807) is 50.2 Å². The molecule has 2 amide bonds. The smallest absolute Gasteiger partial charge is 0.338 e. The Balaban J connectivity index is 1.56. The Morgan fingerprint density at radius 2 is 1.76 bits per heavy atom. The number of hydrogen-bond donors (Lipinski definition) is 2. The van der Waals surface area contributed by atoms with Gasteiger partial charge in [0, 0.05) is 5.56 Å². The maximum absolute atomic E-state index is 12.7. The number of esters is 1. The minimum Gasteiger partial charge on any atom is -0.484 e. The molecule has 1 atom stereocenters. The van der Waals surface area contributed by atoms with Crippen molar-refractivity contribution in [3.05, 3.63) is 77.6 Å². The molecule has 200 valence electrons. The molecule has 9 nitrogen and oxygen atoms in total. The molecule has 1 aromatic heterocycles. The normalized spacial score (nSPS) is 12.0. The van der Waals surface area contributed by atoms with Crippen molar-refractivity contribution in [2.75, 3.05) is 6.61 Å². The van der Waals surface area contributed by atoms with E-state index >= 15 is 0 Å². The number of carbonyl (C=O) groups is 3. The molecule has 3 rings (SSSR count). The number of hydrazone groups is 1. The van der Waals surface area contributed by atoms with Gasteiger partial charge >= 0.3 is 5.97 Å². The summed E-state index contributed by atoms with van der Waals surface area (Å²) in [5, 5.41) is 6.66. The Morgan fingerprint density at radius 1 is 1.00 bits per heavy atom. The van der Waals surface area contributed by atoms with Crippen molar-refractivity contribution in [2.45, 2.75) is 46.8 Å². The lowest BCUT2D eigenvalue weighted by Crippen LogP contribution is -2.49. The summed E-state index contributed by atoms with van der Waals surface area (Å²) in [7, 11) is 0. The number of nitrogens with one attached hydrogen (secondary N) is 2. The van der Waals surface area contributed by atoms with E-state index in [0.717, 1.165) is 5.56 Å². The van der Waals surface area contributed by atoms with E-state index in [4.69, 9.17) is 13.9 Å². The van der Waals surface area contributed by atoms with Crippen LogP contribution < -0.4 is 15.5 Å². The van der Waals surface area contributed by atoms with Crippen LogP contribution in [0.25, 0.3) is 11.3 Å². The molecular weight excluding hydrogens is 486 g/mol. The maximum atomic E-state index is 12.7. The zero-order chi connectivity index (χ0) is 27.7. The Kier molecular flexibility index (Phi) is 9.81. The summed E-state index contributed by atoms with van der Waals surface area (Å²) in [5.74, 6) is 0.0526. The SMILES string of the molecule is Cc1ccccc1OCC(=O)N[C@H](C(=O)N/N=C\c1ccc(-c2cccc(C(=O)OC(C)C)c2)o1)C(C)C. The van der Waals surface area contributed by atoms with Crippen LogP contribution >= 0.6 is 0 Å². The Morgan fingerprint density at radius 3 is 2.47 bits per heavy atom. The van der Waals surface area contributed by atoms with Crippen LogP contribution in [0.5, 0.6) is 5.75 Å². The topological polar surface area (TPSA) is 119 Å². The number of nitrogens with zero attached hydrogens (tertiary/aromatic N) is 1. The van der Waals surface area contributed by atoms with Crippen molar-refractivity contribution in [3.8, 4) is 17.1 Å². The number of carbonyl (C=O) groups excluding carboxylic acids is 3. The fraction of sp³-hybridized carbons (Fsp3) is 0.310. The quantitative estimate of drug-likeness (QED) is 0.219. The second kappa shape index (κ2) is 13.2. The monoisotopic (exact) mass is 519 g/mol. The van der Waals surface area contributed by atoms with Crippen molar-refractivity contribution >= 4 is 24.0 Å². The first-order valence-electron chi connectivity index (χ1n) is 12.4. The number of para-hydroxylation sites is 1. The molecule has 38 heavy (non-hydrogen) atoms. The minimum atomic E-state index is -0.805. The van der Waals surface area contributed by atoms with Crippen molar-refractivity contribution in [2.24, 2.45) is 11.0 Å². The predicted molar refractivity (Wildman–Crippen MR) is 144 cm³/mol. The first-order valence-corrected chi connectivity index (χ1v) is 12.4. The molecule has 0 saturated carbocycles. The van der Waals surface area contributed by atoms with Crippen LogP contribution in [0.1, 0.15) is 49.4 Å². The van der Waals surface area contributed by atoms with Crippen molar-refractivity contribution in [3.63, 3.8) is 0 Å². The molecule has 0 saturated heterocycles. The molecule has 1 heterocycles. The van der Waals surface area contributed by atoms with Gasteiger partial charge in [-0.15, -0.1) is 0 Å². The molecule has 3 aromatic rings. The summed E-state index contributed by atoms with van der Waals surface area (Å²) in [5.41, 5.74) is 4.47. The largest absolute Gasteiger partial charge is 0.484 e. The summed E-state index contributed by atoms with van der Waals surface area (Å²) >= 11 is 0. The van der Waals surface area contributed by atoms with Gasteiger partial charge in [-0.2, -0.15) is 5.10 Å². The van der Waals surface area contributed by atoms with Crippen LogP contribution in [0.15, 0.2) is 70.2 Å². The highest BCUT2D eigenvalue weighted by atomic mass is 16.5. The molecule has 0 bridgehead atoms. The van der Waals surface area contributed by atoms with Crippen LogP contribution in [0.2, 0.25) is 0 Å². The molecule has 0 unspecified atom stereocenters. The van der Waals surface area contributed by atoms with E-state index in [2.05, 4.69) is 15.8 Å². The number of hydrogen-bond acceptors (Lipinski definition) is 7. The molecule has 9 heteroatoms. The molecule has 0 aliphatic rings. The van der Waals surface area contributed by atoms with Crippen LogP contribution in [0.4, 0.5) is 0 Å². The molecule has 0 spiro atoms. The highest BCUT2D eigenvalue weighted by Gasteiger charge is 2.24. The fourth-order valence-corrected chi connectivity index (χ4v) is 3.50. The van der Waals surface area contributed by atoms with Gasteiger partial charge in [0.05, 0.1) is 17.9 Å². The van der Waals surface area contributed by atoms with E-state index in [1.807, 2.05) is 45.0 Å². The Hall–Kier alpha value is -4.40. The number of aryl methyl sites for hydroxylation is 1. The van der Waals surface area contributed by atoms with Gasteiger partial charge < -0.3 is 19.2 Å². The van der Waals surface area contributed by atoms with Crippen LogP contribution in [0, 0.1) is 12.8 Å². The van der Waals surface area contributed by atoms with Gasteiger partial charge in [-0.1, -0.05) is 44.2 Å². The van der Waals surface area contributed by atoms with E-state index in [-0.39, 0.29) is 18.6 Å². The number of ether oxygens (including phenoxy) is 2. The Bertz CT molecular complexity index is 1290. The summed E-state index contributed by atoms with van der Waals surface area (Å²) in [6.07, 6.45) is 1.14. The highest BCUT2D eigenvalue weighted by Crippen LogP contribution is 2.23. The molecule has 0 aliphatic heterocycles. The molecular formula is C29H33N3O6. The maximum Gasteiger partial charge on any atom is 0.338 e. The van der Waals surface area contributed by atoms with Gasteiger partial charge in [0.25, 0.3) is 11.8 Å². The third-order valence-corrected chi connectivity index (χ3v) is 5.44. The van der Waals surface area contributed by atoms with E-state index in [9.17, 15) is 14.4 Å². The van der Waals surface area contributed by atoms with Crippen molar-refractivity contribution in [1.82, 2.24) is 10.7 Å². The summed E-state index contributed by atoms with van der Waals surface area (Å²) in [6, 6.07) is 16.9. The molecule has 0 aliphatic carbocycles. The zero-order valence-corrected chi connectivity index (χ0v) is 22.2.